The van der Waals surface area contributed by atoms with Gasteiger partial charge in [0.2, 0.25) is 10.0 Å². The number of amides is 1. The van der Waals surface area contributed by atoms with Crippen molar-refractivity contribution < 1.29 is 32.2 Å². The molecule has 3 rings (SSSR count). The van der Waals surface area contributed by atoms with Crippen LogP contribution >= 0.6 is 0 Å². The SMILES string of the molecule is O=C(COC(=O)CCCOc1ccccc1)Nc1cccc(S(=O)(=O)N2CCOCC2)c1. The van der Waals surface area contributed by atoms with Crippen LogP contribution in [-0.2, 0) is 29.1 Å². The van der Waals surface area contributed by atoms with E-state index in [1.165, 1.54) is 16.4 Å². The first kappa shape index (κ1) is 23.7. The number of rotatable bonds is 10. The first-order chi connectivity index (χ1) is 15.4. The zero-order valence-electron chi connectivity index (χ0n) is 17.6. The van der Waals surface area contributed by atoms with Gasteiger partial charge in [0.25, 0.3) is 5.91 Å². The predicted molar refractivity (Wildman–Crippen MR) is 117 cm³/mol. The number of carbonyl (C=O) groups excluding carboxylic acids is 2. The maximum atomic E-state index is 12.7. The van der Waals surface area contributed by atoms with Crippen molar-refractivity contribution >= 4 is 27.6 Å². The number of sulfonamides is 1. The molecule has 0 bridgehead atoms. The van der Waals surface area contributed by atoms with E-state index < -0.39 is 28.5 Å². The van der Waals surface area contributed by atoms with Crippen LogP contribution in [0.1, 0.15) is 12.8 Å². The summed E-state index contributed by atoms with van der Waals surface area (Å²) in [5.41, 5.74) is 0.302. The molecular formula is C22H26N2O7S. The molecule has 0 aliphatic carbocycles. The van der Waals surface area contributed by atoms with E-state index in [9.17, 15) is 18.0 Å². The quantitative estimate of drug-likeness (QED) is 0.425. The first-order valence-electron chi connectivity index (χ1n) is 10.3. The van der Waals surface area contributed by atoms with Crippen molar-refractivity contribution in [3.05, 3.63) is 54.6 Å². The number of nitrogens with zero attached hydrogens (tertiary/aromatic N) is 1. The number of hydrogen-bond acceptors (Lipinski definition) is 7. The second kappa shape index (κ2) is 11.6. The molecule has 1 aliphatic rings. The molecule has 2 aromatic carbocycles. The number of para-hydroxylation sites is 1. The fraction of sp³-hybridized carbons (Fsp3) is 0.364. The largest absolute Gasteiger partial charge is 0.494 e. The molecule has 32 heavy (non-hydrogen) atoms. The van der Waals surface area contributed by atoms with E-state index in [4.69, 9.17) is 14.2 Å². The number of morpholine rings is 1. The van der Waals surface area contributed by atoms with Crippen LogP contribution in [0, 0.1) is 0 Å². The van der Waals surface area contributed by atoms with Crippen LogP contribution in [0.5, 0.6) is 5.75 Å². The van der Waals surface area contributed by atoms with Crippen molar-refractivity contribution in [2.24, 2.45) is 0 Å². The Morgan fingerprint density at radius 3 is 2.53 bits per heavy atom. The fourth-order valence-corrected chi connectivity index (χ4v) is 4.46. The van der Waals surface area contributed by atoms with Crippen LogP contribution in [0.25, 0.3) is 0 Å². The van der Waals surface area contributed by atoms with Gasteiger partial charge in [-0.1, -0.05) is 24.3 Å². The lowest BCUT2D eigenvalue weighted by Gasteiger charge is -2.26. The van der Waals surface area contributed by atoms with E-state index >= 15 is 0 Å². The van der Waals surface area contributed by atoms with Crippen molar-refractivity contribution in [1.82, 2.24) is 4.31 Å². The fourth-order valence-electron chi connectivity index (χ4n) is 3.01. The van der Waals surface area contributed by atoms with Gasteiger partial charge in [0.15, 0.2) is 6.61 Å². The van der Waals surface area contributed by atoms with Crippen LogP contribution in [-0.4, -0.2) is 64.1 Å². The lowest BCUT2D eigenvalue weighted by atomic mass is 10.3. The van der Waals surface area contributed by atoms with Gasteiger partial charge in [-0.05, 0) is 36.8 Å². The molecule has 9 nitrogen and oxygen atoms in total. The summed E-state index contributed by atoms with van der Waals surface area (Å²) in [5.74, 6) is -0.349. The molecule has 1 aliphatic heterocycles. The lowest BCUT2D eigenvalue weighted by molar-refractivity contribution is -0.147. The second-order valence-corrected chi connectivity index (χ2v) is 8.96. The van der Waals surface area contributed by atoms with E-state index in [0.29, 0.717) is 31.9 Å². The second-order valence-electron chi connectivity index (χ2n) is 7.02. The van der Waals surface area contributed by atoms with E-state index in [1.54, 1.807) is 12.1 Å². The molecule has 1 fully saturated rings. The number of benzene rings is 2. The molecule has 0 atom stereocenters. The maximum absolute atomic E-state index is 12.7. The van der Waals surface area contributed by atoms with Gasteiger partial charge in [-0.3, -0.25) is 9.59 Å². The number of hydrogen-bond donors (Lipinski definition) is 1. The van der Waals surface area contributed by atoms with Crippen LogP contribution in [0.15, 0.2) is 59.5 Å². The van der Waals surface area contributed by atoms with Crippen molar-refractivity contribution in [1.29, 1.82) is 0 Å². The third-order valence-corrected chi connectivity index (χ3v) is 6.52. The van der Waals surface area contributed by atoms with Gasteiger partial charge in [0.05, 0.1) is 24.7 Å². The molecule has 1 saturated heterocycles. The Hall–Kier alpha value is -2.95. The lowest BCUT2D eigenvalue weighted by Crippen LogP contribution is -2.40. The Morgan fingerprint density at radius 2 is 1.78 bits per heavy atom. The number of carbonyl (C=O) groups is 2. The molecule has 0 aromatic heterocycles. The molecule has 1 heterocycles. The summed E-state index contributed by atoms with van der Waals surface area (Å²) in [6, 6.07) is 15.2. The number of nitrogens with one attached hydrogen (secondary N) is 1. The summed E-state index contributed by atoms with van der Waals surface area (Å²) < 4.78 is 42.5. The molecule has 0 spiro atoms. The number of anilines is 1. The third kappa shape index (κ3) is 7.04. The van der Waals surface area contributed by atoms with Gasteiger partial charge in [-0.15, -0.1) is 0 Å². The van der Waals surface area contributed by atoms with Gasteiger partial charge < -0.3 is 19.5 Å². The van der Waals surface area contributed by atoms with Gasteiger partial charge in [-0.2, -0.15) is 4.31 Å². The Bertz CT molecular complexity index is 1010. The minimum absolute atomic E-state index is 0.0765. The third-order valence-electron chi connectivity index (χ3n) is 4.63. The van der Waals surface area contributed by atoms with E-state index in [-0.39, 0.29) is 24.4 Å². The molecular weight excluding hydrogens is 436 g/mol. The van der Waals surface area contributed by atoms with Crippen LogP contribution < -0.4 is 10.1 Å². The summed E-state index contributed by atoms with van der Waals surface area (Å²) in [6.07, 6.45) is 0.574. The van der Waals surface area contributed by atoms with Crippen molar-refractivity contribution in [2.75, 3.05) is 44.8 Å². The predicted octanol–water partition coefficient (Wildman–Crippen LogP) is 2.05. The van der Waals surface area contributed by atoms with Gasteiger partial charge in [0.1, 0.15) is 5.75 Å². The highest BCUT2D eigenvalue weighted by Gasteiger charge is 2.26. The van der Waals surface area contributed by atoms with Gasteiger partial charge in [-0.25, -0.2) is 8.42 Å². The standard InChI is InChI=1S/C22H26N2O7S/c25-21(17-31-22(26)10-5-13-30-19-7-2-1-3-8-19)23-18-6-4-9-20(16-18)32(27,28)24-11-14-29-15-12-24/h1-4,6-9,16H,5,10-15,17H2,(H,23,25). The summed E-state index contributed by atoms with van der Waals surface area (Å²) in [4.78, 5) is 24.0. The molecule has 0 unspecified atom stereocenters. The summed E-state index contributed by atoms with van der Waals surface area (Å²) in [5, 5.41) is 2.55. The zero-order valence-corrected chi connectivity index (χ0v) is 18.4. The Kier molecular flexibility index (Phi) is 8.60. The highest BCUT2D eigenvalue weighted by atomic mass is 32.2. The molecule has 0 radical (unpaired) electrons. The van der Waals surface area contributed by atoms with Gasteiger partial charge >= 0.3 is 5.97 Å². The molecule has 1 N–H and O–H groups in total. The number of esters is 1. The Morgan fingerprint density at radius 1 is 1.03 bits per heavy atom. The highest BCUT2D eigenvalue weighted by Crippen LogP contribution is 2.20. The smallest absolute Gasteiger partial charge is 0.306 e. The maximum Gasteiger partial charge on any atom is 0.306 e. The zero-order chi connectivity index (χ0) is 22.8. The number of ether oxygens (including phenoxy) is 3. The van der Waals surface area contributed by atoms with Crippen LogP contribution in [0.3, 0.4) is 0 Å². The van der Waals surface area contributed by atoms with Crippen molar-refractivity contribution in [3.8, 4) is 5.75 Å². The molecule has 1 amide bonds. The molecule has 10 heteroatoms. The molecule has 0 saturated carbocycles. The average Bonchev–Trinajstić information content (AvgIpc) is 2.82. The van der Waals surface area contributed by atoms with E-state index in [0.717, 1.165) is 5.75 Å². The van der Waals surface area contributed by atoms with Crippen LogP contribution in [0.2, 0.25) is 0 Å². The summed E-state index contributed by atoms with van der Waals surface area (Å²) in [6.45, 7) is 1.16. The average molecular weight is 463 g/mol. The topological polar surface area (TPSA) is 111 Å². The first-order valence-corrected chi connectivity index (χ1v) is 11.7. The summed E-state index contributed by atoms with van der Waals surface area (Å²) >= 11 is 0. The van der Waals surface area contributed by atoms with Gasteiger partial charge in [0, 0.05) is 25.2 Å². The summed E-state index contributed by atoms with van der Waals surface area (Å²) in [7, 11) is -3.67. The monoisotopic (exact) mass is 462 g/mol. The van der Waals surface area contributed by atoms with Crippen molar-refractivity contribution in [2.45, 2.75) is 17.7 Å². The van der Waals surface area contributed by atoms with Crippen LogP contribution in [0.4, 0.5) is 5.69 Å². The highest BCUT2D eigenvalue weighted by molar-refractivity contribution is 7.89. The van der Waals surface area contributed by atoms with E-state index in [2.05, 4.69) is 5.32 Å². The van der Waals surface area contributed by atoms with Crippen molar-refractivity contribution in [3.63, 3.8) is 0 Å². The molecule has 172 valence electrons. The normalized spacial score (nSPS) is 14.5. The van der Waals surface area contributed by atoms with E-state index in [1.807, 2.05) is 30.3 Å². The minimum Gasteiger partial charge on any atom is -0.494 e. The Labute approximate surface area is 187 Å². The molecule has 2 aromatic rings. The minimum atomic E-state index is -3.67. The Balaban J connectivity index is 1.41.